The highest BCUT2D eigenvalue weighted by molar-refractivity contribution is 6.31. The van der Waals surface area contributed by atoms with Gasteiger partial charge in [0.05, 0.1) is 30.6 Å². The molecule has 178 valence electrons. The lowest BCUT2D eigenvalue weighted by molar-refractivity contribution is -0.116. The van der Waals surface area contributed by atoms with E-state index in [1.54, 1.807) is 0 Å². The van der Waals surface area contributed by atoms with Gasteiger partial charge in [0.2, 0.25) is 0 Å². The third kappa shape index (κ3) is 4.30. The molecule has 3 aliphatic rings. The van der Waals surface area contributed by atoms with Crippen molar-refractivity contribution in [1.82, 2.24) is 0 Å². The van der Waals surface area contributed by atoms with Crippen LogP contribution in [0.2, 0.25) is 5.02 Å². The molecular formula is C29H28ClN3O2. The number of carbonyl (C=O) groups excluding carboxylic acids is 1. The van der Waals surface area contributed by atoms with Crippen LogP contribution >= 0.6 is 11.6 Å². The number of benzene rings is 3. The number of anilines is 3. The SMILES string of the molecule is O=C1CC(c2ccccc2Cl)CC2=C1C(c1ccc(N3CCOCC3)cc1)Nc1ccccc1N2. The van der Waals surface area contributed by atoms with Crippen LogP contribution in [0.5, 0.6) is 0 Å². The number of rotatable bonds is 3. The topological polar surface area (TPSA) is 53.6 Å². The van der Waals surface area contributed by atoms with Crippen molar-refractivity contribution in [1.29, 1.82) is 0 Å². The molecule has 0 saturated carbocycles. The van der Waals surface area contributed by atoms with E-state index in [4.69, 9.17) is 16.3 Å². The van der Waals surface area contributed by atoms with Crippen LogP contribution in [0.25, 0.3) is 0 Å². The fourth-order valence-electron chi connectivity index (χ4n) is 5.47. The zero-order valence-corrected chi connectivity index (χ0v) is 20.2. The lowest BCUT2D eigenvalue weighted by atomic mass is 9.78. The number of nitrogens with one attached hydrogen (secondary N) is 2. The maximum absolute atomic E-state index is 13.7. The lowest BCUT2D eigenvalue weighted by Crippen LogP contribution is -2.36. The van der Waals surface area contributed by atoms with E-state index in [1.165, 1.54) is 5.69 Å². The molecule has 5 nitrogen and oxygen atoms in total. The quantitative estimate of drug-likeness (QED) is 0.465. The Hall–Kier alpha value is -3.28. The minimum absolute atomic E-state index is 0.0528. The Labute approximate surface area is 210 Å². The number of ketones is 1. The highest BCUT2D eigenvalue weighted by Gasteiger charge is 2.36. The number of allylic oxidation sites excluding steroid dienone is 1. The van der Waals surface area contributed by atoms with Gasteiger partial charge in [-0.2, -0.15) is 0 Å². The van der Waals surface area contributed by atoms with Gasteiger partial charge in [0.15, 0.2) is 5.78 Å². The molecule has 2 aliphatic heterocycles. The van der Waals surface area contributed by atoms with Gasteiger partial charge in [-0.1, -0.05) is 54.1 Å². The van der Waals surface area contributed by atoms with Crippen molar-refractivity contribution in [2.24, 2.45) is 0 Å². The highest BCUT2D eigenvalue weighted by atomic mass is 35.5. The smallest absolute Gasteiger partial charge is 0.163 e. The van der Waals surface area contributed by atoms with Crippen molar-refractivity contribution >= 4 is 34.4 Å². The van der Waals surface area contributed by atoms with Crippen molar-refractivity contribution in [2.75, 3.05) is 41.8 Å². The minimum atomic E-state index is -0.223. The van der Waals surface area contributed by atoms with Gasteiger partial charge in [0.1, 0.15) is 0 Å². The summed E-state index contributed by atoms with van der Waals surface area (Å²) in [5.74, 6) is 0.211. The molecule has 0 aromatic heterocycles. The van der Waals surface area contributed by atoms with Gasteiger partial charge in [-0.3, -0.25) is 4.79 Å². The van der Waals surface area contributed by atoms with E-state index in [-0.39, 0.29) is 17.7 Å². The van der Waals surface area contributed by atoms with Crippen LogP contribution in [0.1, 0.15) is 35.9 Å². The van der Waals surface area contributed by atoms with E-state index < -0.39 is 0 Å². The Kier molecular flexibility index (Phi) is 5.96. The molecule has 1 aliphatic carbocycles. The number of Topliss-reactive ketones (excluding diaryl/α,β-unsaturated/α-hetero) is 1. The first-order valence-corrected chi connectivity index (χ1v) is 12.6. The fourth-order valence-corrected chi connectivity index (χ4v) is 5.76. The lowest BCUT2D eigenvalue weighted by Gasteiger charge is -2.31. The molecule has 3 aromatic carbocycles. The van der Waals surface area contributed by atoms with E-state index in [1.807, 2.05) is 36.4 Å². The van der Waals surface area contributed by atoms with Gasteiger partial charge in [-0.15, -0.1) is 0 Å². The fraction of sp³-hybridized carbons (Fsp3) is 0.276. The number of morpholine rings is 1. The Morgan fingerprint density at radius 3 is 2.34 bits per heavy atom. The van der Waals surface area contributed by atoms with Gasteiger partial charge in [-0.05, 0) is 53.8 Å². The first kappa shape index (κ1) is 22.2. The van der Waals surface area contributed by atoms with Crippen molar-refractivity contribution in [3.8, 4) is 0 Å². The predicted octanol–water partition coefficient (Wildman–Crippen LogP) is 6.16. The van der Waals surface area contributed by atoms with Crippen molar-refractivity contribution in [3.63, 3.8) is 0 Å². The Morgan fingerprint density at radius 1 is 0.857 bits per heavy atom. The van der Waals surface area contributed by atoms with Crippen LogP contribution in [-0.4, -0.2) is 32.1 Å². The largest absolute Gasteiger partial charge is 0.378 e. The second-order valence-corrected chi connectivity index (χ2v) is 9.79. The summed E-state index contributed by atoms with van der Waals surface area (Å²) in [6.07, 6.45) is 1.19. The second-order valence-electron chi connectivity index (χ2n) is 9.38. The van der Waals surface area contributed by atoms with E-state index >= 15 is 0 Å². The summed E-state index contributed by atoms with van der Waals surface area (Å²) in [4.78, 5) is 16.1. The summed E-state index contributed by atoms with van der Waals surface area (Å²) in [6, 6.07) is 24.4. The number of fused-ring (bicyclic) bond motifs is 1. The molecule has 1 fully saturated rings. The zero-order valence-electron chi connectivity index (χ0n) is 19.5. The molecule has 35 heavy (non-hydrogen) atoms. The molecule has 2 heterocycles. The minimum Gasteiger partial charge on any atom is -0.378 e. The van der Waals surface area contributed by atoms with Crippen LogP contribution < -0.4 is 15.5 Å². The predicted molar refractivity (Wildman–Crippen MR) is 141 cm³/mol. The van der Waals surface area contributed by atoms with Gasteiger partial charge in [0, 0.05) is 41.5 Å². The van der Waals surface area contributed by atoms with Crippen LogP contribution in [0.15, 0.2) is 84.1 Å². The molecule has 2 N–H and O–H groups in total. The molecule has 0 spiro atoms. The molecule has 6 heteroatoms. The third-order valence-corrected chi connectivity index (χ3v) is 7.60. The van der Waals surface area contributed by atoms with E-state index in [0.717, 1.165) is 71.5 Å². The summed E-state index contributed by atoms with van der Waals surface area (Å²) in [5, 5.41) is 7.99. The van der Waals surface area contributed by atoms with Crippen LogP contribution in [0, 0.1) is 0 Å². The average Bonchev–Trinajstić information content (AvgIpc) is 3.06. The van der Waals surface area contributed by atoms with Gasteiger partial charge in [-0.25, -0.2) is 0 Å². The summed E-state index contributed by atoms with van der Waals surface area (Å²) < 4.78 is 5.50. The molecule has 1 saturated heterocycles. The van der Waals surface area contributed by atoms with Crippen LogP contribution in [-0.2, 0) is 9.53 Å². The molecule has 0 bridgehead atoms. The van der Waals surface area contributed by atoms with Crippen LogP contribution in [0.3, 0.4) is 0 Å². The number of ether oxygens (including phenoxy) is 1. The van der Waals surface area contributed by atoms with Gasteiger partial charge >= 0.3 is 0 Å². The van der Waals surface area contributed by atoms with E-state index in [0.29, 0.717) is 6.42 Å². The number of para-hydroxylation sites is 2. The first-order chi connectivity index (χ1) is 17.2. The summed E-state index contributed by atoms with van der Waals surface area (Å²) in [6.45, 7) is 3.31. The Morgan fingerprint density at radius 2 is 1.57 bits per heavy atom. The maximum Gasteiger partial charge on any atom is 0.163 e. The summed E-state index contributed by atoms with van der Waals surface area (Å²) >= 11 is 6.53. The highest BCUT2D eigenvalue weighted by Crippen LogP contribution is 2.45. The Balaban J connectivity index is 1.38. The molecule has 2 unspecified atom stereocenters. The zero-order chi connectivity index (χ0) is 23.8. The number of nitrogens with zero attached hydrogens (tertiary/aromatic N) is 1. The molecule has 2 atom stereocenters. The second kappa shape index (κ2) is 9.40. The normalized spacial score (nSPS) is 22.0. The molecule has 3 aromatic rings. The van der Waals surface area contributed by atoms with E-state index in [2.05, 4.69) is 51.9 Å². The number of hydrogen-bond acceptors (Lipinski definition) is 5. The van der Waals surface area contributed by atoms with E-state index in [9.17, 15) is 4.79 Å². The summed E-state index contributed by atoms with van der Waals surface area (Å²) in [5.41, 5.74) is 7.08. The average molecular weight is 486 g/mol. The number of halogens is 1. The maximum atomic E-state index is 13.7. The van der Waals surface area contributed by atoms with Crippen molar-refractivity contribution in [2.45, 2.75) is 24.8 Å². The third-order valence-electron chi connectivity index (χ3n) is 7.26. The molecule has 0 amide bonds. The van der Waals surface area contributed by atoms with Crippen molar-refractivity contribution in [3.05, 3.63) is 100 Å². The molecule has 6 rings (SSSR count). The van der Waals surface area contributed by atoms with Crippen molar-refractivity contribution < 1.29 is 9.53 Å². The Bertz CT molecular complexity index is 1280. The summed E-state index contributed by atoms with van der Waals surface area (Å²) in [7, 11) is 0. The van der Waals surface area contributed by atoms with Gasteiger partial charge < -0.3 is 20.3 Å². The van der Waals surface area contributed by atoms with Crippen LogP contribution in [0.4, 0.5) is 17.1 Å². The standard InChI is InChI=1S/C29H28ClN3O2/c30-23-6-2-1-5-22(23)20-17-26-28(27(34)18-20)29(32-25-8-4-3-7-24(25)31-26)19-9-11-21(12-10-19)33-13-15-35-16-14-33/h1-12,20,29,31-32H,13-18H2. The molecule has 0 radical (unpaired) electrons. The molecular weight excluding hydrogens is 458 g/mol. The van der Waals surface area contributed by atoms with Gasteiger partial charge in [0.25, 0.3) is 0 Å². The number of carbonyl (C=O) groups is 1. The monoisotopic (exact) mass is 485 g/mol. The number of hydrogen-bond donors (Lipinski definition) is 2. The first-order valence-electron chi connectivity index (χ1n) is 12.2.